The second-order valence-electron chi connectivity index (χ2n) is 7.15. The number of nitrogens with one attached hydrogen (secondary N) is 1. The molecule has 0 aliphatic carbocycles. The van der Waals surface area contributed by atoms with Crippen molar-refractivity contribution in [2.24, 2.45) is 5.92 Å². The molecule has 21 heavy (non-hydrogen) atoms. The van der Waals surface area contributed by atoms with Crippen LogP contribution in [0.2, 0.25) is 0 Å². The molecule has 0 aromatic heterocycles. The molecule has 2 rings (SSSR count). The normalized spacial score (nSPS) is 25.3. The van der Waals surface area contributed by atoms with E-state index in [2.05, 4.69) is 10.2 Å². The number of rotatable bonds is 9. The lowest BCUT2D eigenvalue weighted by Crippen LogP contribution is -2.34. The summed E-state index contributed by atoms with van der Waals surface area (Å²) in [5, 5.41) is 12.6. The molecule has 0 amide bonds. The fraction of sp³-hybridized carbons (Fsp3) is 1.00. The summed E-state index contributed by atoms with van der Waals surface area (Å²) in [7, 11) is 0. The highest BCUT2D eigenvalue weighted by Crippen LogP contribution is 2.20. The quantitative estimate of drug-likeness (QED) is 0.642. The molecule has 0 bridgehead atoms. The monoisotopic (exact) mass is 296 g/mol. The third-order valence-corrected chi connectivity index (χ3v) is 5.43. The Morgan fingerprint density at radius 1 is 0.905 bits per heavy atom. The summed E-state index contributed by atoms with van der Waals surface area (Å²) in [5.74, 6) is 0.786. The zero-order chi connectivity index (χ0) is 14.8. The van der Waals surface area contributed by atoms with Gasteiger partial charge in [0, 0.05) is 12.6 Å². The van der Waals surface area contributed by atoms with Gasteiger partial charge in [-0.3, -0.25) is 0 Å². The number of piperidine rings is 2. The molecule has 124 valence electrons. The predicted octanol–water partition coefficient (Wildman–Crippen LogP) is 3.17. The van der Waals surface area contributed by atoms with E-state index in [9.17, 15) is 0 Å². The lowest BCUT2D eigenvalue weighted by atomic mass is 9.94. The lowest BCUT2D eigenvalue weighted by molar-refractivity contribution is 0.156. The first kappa shape index (κ1) is 17.2. The SMILES string of the molecule is OCCC1CCN(CCCCCCC2CCCCN2)CC1. The topological polar surface area (TPSA) is 35.5 Å². The summed E-state index contributed by atoms with van der Waals surface area (Å²) in [5.41, 5.74) is 0. The zero-order valence-electron chi connectivity index (χ0n) is 13.9. The Hall–Kier alpha value is -0.120. The van der Waals surface area contributed by atoms with Crippen LogP contribution >= 0.6 is 0 Å². The van der Waals surface area contributed by atoms with Gasteiger partial charge in [0.05, 0.1) is 0 Å². The van der Waals surface area contributed by atoms with Crippen molar-refractivity contribution in [2.45, 2.75) is 76.7 Å². The number of aliphatic hydroxyl groups excluding tert-OH is 1. The first-order valence-electron chi connectivity index (χ1n) is 9.45. The average Bonchev–Trinajstić information content (AvgIpc) is 2.53. The molecule has 0 spiro atoms. The second kappa shape index (κ2) is 10.6. The molecule has 0 aromatic carbocycles. The Morgan fingerprint density at radius 3 is 2.43 bits per heavy atom. The Morgan fingerprint density at radius 2 is 1.71 bits per heavy atom. The molecule has 2 fully saturated rings. The Balaban J connectivity index is 1.40. The molecule has 0 radical (unpaired) electrons. The van der Waals surface area contributed by atoms with E-state index in [-0.39, 0.29) is 0 Å². The van der Waals surface area contributed by atoms with Crippen LogP contribution in [0.5, 0.6) is 0 Å². The largest absolute Gasteiger partial charge is 0.396 e. The van der Waals surface area contributed by atoms with Gasteiger partial charge in [0.1, 0.15) is 0 Å². The summed E-state index contributed by atoms with van der Waals surface area (Å²) < 4.78 is 0. The van der Waals surface area contributed by atoms with Crippen molar-refractivity contribution in [1.29, 1.82) is 0 Å². The summed E-state index contributed by atoms with van der Waals surface area (Å²) in [6, 6.07) is 0.823. The van der Waals surface area contributed by atoms with Crippen LogP contribution in [0.15, 0.2) is 0 Å². The minimum atomic E-state index is 0.376. The van der Waals surface area contributed by atoms with Crippen LogP contribution in [0.1, 0.15) is 70.6 Å². The summed E-state index contributed by atoms with van der Waals surface area (Å²) in [6.45, 7) is 5.44. The highest BCUT2D eigenvalue weighted by atomic mass is 16.3. The molecule has 2 heterocycles. The van der Waals surface area contributed by atoms with Crippen molar-refractivity contribution in [3.05, 3.63) is 0 Å². The second-order valence-corrected chi connectivity index (χ2v) is 7.15. The zero-order valence-corrected chi connectivity index (χ0v) is 13.9. The van der Waals surface area contributed by atoms with E-state index in [0.717, 1.165) is 18.4 Å². The van der Waals surface area contributed by atoms with Gasteiger partial charge in [0.25, 0.3) is 0 Å². The molecular weight excluding hydrogens is 260 g/mol. The third-order valence-electron chi connectivity index (χ3n) is 5.43. The molecule has 0 aromatic rings. The van der Waals surface area contributed by atoms with Crippen LogP contribution in [0.4, 0.5) is 0 Å². The van der Waals surface area contributed by atoms with Gasteiger partial charge in [-0.25, -0.2) is 0 Å². The van der Waals surface area contributed by atoms with Gasteiger partial charge in [-0.2, -0.15) is 0 Å². The summed E-state index contributed by atoms with van der Waals surface area (Å²) >= 11 is 0. The minimum absolute atomic E-state index is 0.376. The van der Waals surface area contributed by atoms with Crippen molar-refractivity contribution in [3.8, 4) is 0 Å². The maximum absolute atomic E-state index is 8.98. The van der Waals surface area contributed by atoms with Crippen LogP contribution < -0.4 is 5.32 Å². The van der Waals surface area contributed by atoms with Crippen molar-refractivity contribution < 1.29 is 5.11 Å². The molecule has 1 atom stereocenters. The standard InChI is InChI=1S/C18H36N2O/c21-16-11-17-9-14-20(15-10-17)13-6-2-1-3-7-18-8-4-5-12-19-18/h17-19,21H,1-16H2. The van der Waals surface area contributed by atoms with Gasteiger partial charge in [-0.15, -0.1) is 0 Å². The molecule has 2 aliphatic rings. The maximum atomic E-state index is 8.98. The minimum Gasteiger partial charge on any atom is -0.396 e. The molecule has 0 saturated carbocycles. The smallest absolute Gasteiger partial charge is 0.0433 e. The Labute approximate surface area is 131 Å². The number of likely N-dealkylation sites (tertiary alicyclic amines) is 1. The van der Waals surface area contributed by atoms with Crippen molar-refractivity contribution in [1.82, 2.24) is 10.2 Å². The van der Waals surface area contributed by atoms with E-state index in [1.54, 1.807) is 0 Å². The van der Waals surface area contributed by atoms with Crippen LogP contribution in [-0.2, 0) is 0 Å². The van der Waals surface area contributed by atoms with Gasteiger partial charge in [0.15, 0.2) is 0 Å². The first-order valence-corrected chi connectivity index (χ1v) is 9.45. The third kappa shape index (κ3) is 7.12. The van der Waals surface area contributed by atoms with Crippen molar-refractivity contribution in [3.63, 3.8) is 0 Å². The predicted molar refractivity (Wildman–Crippen MR) is 89.6 cm³/mol. The average molecular weight is 296 g/mol. The van der Waals surface area contributed by atoms with Crippen molar-refractivity contribution in [2.75, 3.05) is 32.8 Å². The van der Waals surface area contributed by atoms with E-state index in [4.69, 9.17) is 5.11 Å². The van der Waals surface area contributed by atoms with Crippen molar-refractivity contribution >= 4 is 0 Å². The van der Waals surface area contributed by atoms with Gasteiger partial charge >= 0.3 is 0 Å². The number of nitrogens with zero attached hydrogens (tertiary/aromatic N) is 1. The van der Waals surface area contributed by atoms with E-state index in [1.165, 1.54) is 90.4 Å². The van der Waals surface area contributed by atoms with Gasteiger partial charge in [-0.05, 0) is 77.0 Å². The van der Waals surface area contributed by atoms with Crippen LogP contribution in [0, 0.1) is 5.92 Å². The van der Waals surface area contributed by atoms with E-state index >= 15 is 0 Å². The Kier molecular flexibility index (Phi) is 8.68. The van der Waals surface area contributed by atoms with Crippen LogP contribution in [0.25, 0.3) is 0 Å². The summed E-state index contributed by atoms with van der Waals surface area (Å²) in [6.07, 6.45) is 14.8. The molecular formula is C18H36N2O. The van der Waals surface area contributed by atoms with Gasteiger partial charge < -0.3 is 15.3 Å². The fourth-order valence-corrected chi connectivity index (χ4v) is 3.93. The summed E-state index contributed by atoms with van der Waals surface area (Å²) in [4.78, 5) is 2.64. The maximum Gasteiger partial charge on any atom is 0.0433 e. The number of aliphatic hydroxyl groups is 1. The van der Waals surface area contributed by atoms with Crippen LogP contribution in [-0.4, -0.2) is 48.8 Å². The number of hydrogen-bond acceptors (Lipinski definition) is 3. The highest BCUT2D eigenvalue weighted by molar-refractivity contribution is 4.73. The van der Waals surface area contributed by atoms with Gasteiger partial charge in [-0.1, -0.05) is 25.7 Å². The Bertz CT molecular complexity index is 246. The molecule has 2 N–H and O–H groups in total. The fourth-order valence-electron chi connectivity index (χ4n) is 3.93. The number of hydrogen-bond donors (Lipinski definition) is 2. The number of unbranched alkanes of at least 4 members (excludes halogenated alkanes) is 3. The molecule has 2 aliphatic heterocycles. The van der Waals surface area contributed by atoms with E-state index in [0.29, 0.717) is 6.61 Å². The molecule has 2 saturated heterocycles. The molecule has 3 heteroatoms. The van der Waals surface area contributed by atoms with Crippen LogP contribution in [0.3, 0.4) is 0 Å². The first-order chi connectivity index (χ1) is 10.4. The highest BCUT2D eigenvalue weighted by Gasteiger charge is 2.18. The molecule has 3 nitrogen and oxygen atoms in total. The van der Waals surface area contributed by atoms with E-state index < -0.39 is 0 Å². The van der Waals surface area contributed by atoms with Gasteiger partial charge in [0.2, 0.25) is 0 Å². The lowest BCUT2D eigenvalue weighted by Gasteiger charge is -2.31. The molecule has 1 unspecified atom stereocenters. The van der Waals surface area contributed by atoms with E-state index in [1.807, 2.05) is 0 Å².